The van der Waals surface area contributed by atoms with Gasteiger partial charge in [-0.15, -0.1) is 0 Å². The van der Waals surface area contributed by atoms with Gasteiger partial charge >= 0.3 is 0 Å². The fraction of sp³-hybridized carbons (Fsp3) is 0.286. The molecule has 0 aliphatic rings. The molecular formula is C21H25N3O3. The molecule has 2 rings (SSSR count). The molecule has 0 radical (unpaired) electrons. The number of amides is 1. The Bertz CT molecular complexity index is 848. The van der Waals surface area contributed by atoms with E-state index < -0.39 is 5.92 Å². The molecule has 0 aromatic heterocycles. The van der Waals surface area contributed by atoms with Crippen molar-refractivity contribution in [1.82, 2.24) is 5.32 Å². The van der Waals surface area contributed by atoms with E-state index in [2.05, 4.69) is 5.32 Å². The van der Waals surface area contributed by atoms with Crippen molar-refractivity contribution >= 4 is 17.8 Å². The summed E-state index contributed by atoms with van der Waals surface area (Å²) in [5, 5.41) is 18.3. The number of rotatable bonds is 8. The van der Waals surface area contributed by atoms with E-state index in [0.29, 0.717) is 17.0 Å². The van der Waals surface area contributed by atoms with Gasteiger partial charge < -0.3 is 25.6 Å². The lowest BCUT2D eigenvalue weighted by Gasteiger charge is -2.18. The van der Waals surface area contributed by atoms with E-state index >= 15 is 0 Å². The SMILES string of the molecule is COc1cccc(C(C)NC(=O)c2ccc(C(C=N)C(C)=N)cc2OC)c1. The molecule has 0 saturated heterocycles. The second kappa shape index (κ2) is 8.98. The molecule has 0 heterocycles. The van der Waals surface area contributed by atoms with Crippen molar-refractivity contribution in [2.75, 3.05) is 14.2 Å². The summed E-state index contributed by atoms with van der Waals surface area (Å²) in [5.74, 6) is 0.463. The molecule has 0 fully saturated rings. The van der Waals surface area contributed by atoms with Gasteiger partial charge in [0.2, 0.25) is 0 Å². The summed E-state index contributed by atoms with van der Waals surface area (Å²) in [6.45, 7) is 3.55. The highest BCUT2D eigenvalue weighted by molar-refractivity contribution is 6.01. The van der Waals surface area contributed by atoms with Crippen LogP contribution in [-0.4, -0.2) is 32.1 Å². The van der Waals surface area contributed by atoms with E-state index in [-0.39, 0.29) is 11.9 Å². The molecule has 6 heteroatoms. The third kappa shape index (κ3) is 4.73. The zero-order valence-electron chi connectivity index (χ0n) is 16.0. The molecule has 1 amide bonds. The summed E-state index contributed by atoms with van der Waals surface area (Å²) in [6, 6.07) is 12.5. The fourth-order valence-corrected chi connectivity index (χ4v) is 2.83. The molecule has 2 atom stereocenters. The minimum atomic E-state index is -0.424. The molecule has 6 nitrogen and oxygen atoms in total. The van der Waals surface area contributed by atoms with Crippen molar-refractivity contribution in [3.63, 3.8) is 0 Å². The van der Waals surface area contributed by atoms with Crippen molar-refractivity contribution in [3.8, 4) is 11.5 Å². The third-order valence-electron chi connectivity index (χ3n) is 4.40. The van der Waals surface area contributed by atoms with Gasteiger partial charge in [-0.2, -0.15) is 0 Å². The highest BCUT2D eigenvalue weighted by Crippen LogP contribution is 2.26. The Kier molecular flexibility index (Phi) is 6.71. The summed E-state index contributed by atoms with van der Waals surface area (Å²) < 4.78 is 10.6. The summed E-state index contributed by atoms with van der Waals surface area (Å²) in [4.78, 5) is 12.7. The zero-order valence-corrected chi connectivity index (χ0v) is 16.0. The molecular weight excluding hydrogens is 342 g/mol. The predicted molar refractivity (Wildman–Crippen MR) is 107 cm³/mol. The van der Waals surface area contributed by atoms with Crippen molar-refractivity contribution in [2.45, 2.75) is 25.8 Å². The molecule has 27 heavy (non-hydrogen) atoms. The second-order valence-corrected chi connectivity index (χ2v) is 6.26. The Labute approximate surface area is 159 Å². The number of nitrogens with one attached hydrogen (secondary N) is 3. The number of carbonyl (C=O) groups is 1. The molecule has 3 N–H and O–H groups in total. The van der Waals surface area contributed by atoms with E-state index in [1.807, 2.05) is 31.2 Å². The van der Waals surface area contributed by atoms with Crippen LogP contribution in [0.4, 0.5) is 0 Å². The number of ether oxygens (including phenoxy) is 2. The van der Waals surface area contributed by atoms with E-state index in [1.54, 1.807) is 32.2 Å². The maximum Gasteiger partial charge on any atom is 0.255 e. The average Bonchev–Trinajstić information content (AvgIpc) is 2.67. The summed E-state index contributed by atoms with van der Waals surface area (Å²) in [7, 11) is 3.10. The first-order valence-electron chi connectivity index (χ1n) is 8.59. The summed E-state index contributed by atoms with van der Waals surface area (Å²) in [5.41, 5.74) is 2.44. The molecule has 0 aliphatic heterocycles. The van der Waals surface area contributed by atoms with Crippen molar-refractivity contribution in [2.24, 2.45) is 0 Å². The van der Waals surface area contributed by atoms with Crippen LogP contribution in [0.15, 0.2) is 42.5 Å². The van der Waals surface area contributed by atoms with Crippen LogP contribution in [0.3, 0.4) is 0 Å². The van der Waals surface area contributed by atoms with Gasteiger partial charge in [0, 0.05) is 11.9 Å². The maximum absolute atomic E-state index is 12.7. The first-order valence-corrected chi connectivity index (χ1v) is 8.59. The van der Waals surface area contributed by atoms with Gasteiger partial charge in [0.25, 0.3) is 5.91 Å². The van der Waals surface area contributed by atoms with Crippen LogP contribution < -0.4 is 14.8 Å². The Morgan fingerprint density at radius 1 is 1.11 bits per heavy atom. The number of hydrogen-bond acceptors (Lipinski definition) is 5. The molecule has 0 spiro atoms. The van der Waals surface area contributed by atoms with E-state index in [4.69, 9.17) is 20.3 Å². The van der Waals surface area contributed by atoms with Crippen LogP contribution in [0.2, 0.25) is 0 Å². The van der Waals surface area contributed by atoms with Crippen LogP contribution >= 0.6 is 0 Å². The number of methoxy groups -OCH3 is 2. The van der Waals surface area contributed by atoms with Crippen molar-refractivity contribution < 1.29 is 14.3 Å². The van der Waals surface area contributed by atoms with Gasteiger partial charge in [0.1, 0.15) is 11.5 Å². The summed E-state index contributed by atoms with van der Waals surface area (Å²) in [6.07, 6.45) is 1.21. The van der Waals surface area contributed by atoms with Gasteiger partial charge in [0.05, 0.1) is 31.7 Å². The van der Waals surface area contributed by atoms with Crippen LogP contribution in [0.25, 0.3) is 0 Å². The number of carbonyl (C=O) groups excluding carboxylic acids is 1. The maximum atomic E-state index is 12.7. The normalized spacial score (nSPS) is 12.6. The second-order valence-electron chi connectivity index (χ2n) is 6.26. The Balaban J connectivity index is 2.24. The molecule has 2 unspecified atom stereocenters. The predicted octanol–water partition coefficient (Wildman–Crippen LogP) is 3.97. The van der Waals surface area contributed by atoms with E-state index in [9.17, 15) is 4.79 Å². The lowest BCUT2D eigenvalue weighted by atomic mass is 9.94. The Hall–Kier alpha value is -3.15. The standard InChI is InChI=1S/C21H25N3O3/c1-13(23)19(12-22)16-8-9-18(20(11-16)27-4)21(25)24-14(2)15-6-5-7-17(10-15)26-3/h5-12,14,19,22-23H,1-4H3,(H,24,25). The zero-order chi connectivity index (χ0) is 20.0. The minimum Gasteiger partial charge on any atom is -0.497 e. The fourth-order valence-electron chi connectivity index (χ4n) is 2.83. The Morgan fingerprint density at radius 3 is 2.44 bits per heavy atom. The van der Waals surface area contributed by atoms with Gasteiger partial charge in [-0.05, 0) is 49.2 Å². The highest BCUT2D eigenvalue weighted by Gasteiger charge is 2.19. The monoisotopic (exact) mass is 367 g/mol. The van der Waals surface area contributed by atoms with Crippen LogP contribution in [0, 0.1) is 10.8 Å². The summed E-state index contributed by atoms with van der Waals surface area (Å²) >= 11 is 0. The lowest BCUT2D eigenvalue weighted by molar-refractivity contribution is 0.0936. The van der Waals surface area contributed by atoms with Gasteiger partial charge in [-0.1, -0.05) is 18.2 Å². The molecule has 0 aliphatic carbocycles. The Morgan fingerprint density at radius 2 is 1.85 bits per heavy atom. The van der Waals surface area contributed by atoms with Crippen molar-refractivity contribution in [1.29, 1.82) is 10.8 Å². The van der Waals surface area contributed by atoms with E-state index in [1.165, 1.54) is 13.3 Å². The quantitative estimate of drug-likeness (QED) is 0.616. The first kappa shape index (κ1) is 20.2. The van der Waals surface area contributed by atoms with Gasteiger partial charge in [-0.25, -0.2) is 0 Å². The minimum absolute atomic E-state index is 0.213. The number of hydrogen-bond donors (Lipinski definition) is 3. The van der Waals surface area contributed by atoms with Crippen LogP contribution in [0.5, 0.6) is 11.5 Å². The van der Waals surface area contributed by atoms with Crippen LogP contribution in [-0.2, 0) is 0 Å². The molecule has 2 aromatic rings. The molecule has 0 saturated carbocycles. The smallest absolute Gasteiger partial charge is 0.255 e. The van der Waals surface area contributed by atoms with Crippen LogP contribution in [0.1, 0.15) is 47.3 Å². The largest absolute Gasteiger partial charge is 0.497 e. The lowest BCUT2D eigenvalue weighted by Crippen LogP contribution is -2.27. The molecule has 0 bridgehead atoms. The first-order chi connectivity index (χ1) is 12.9. The van der Waals surface area contributed by atoms with Gasteiger partial charge in [0.15, 0.2) is 0 Å². The highest BCUT2D eigenvalue weighted by atomic mass is 16.5. The topological polar surface area (TPSA) is 95.3 Å². The molecule has 2 aromatic carbocycles. The van der Waals surface area contributed by atoms with Crippen molar-refractivity contribution in [3.05, 3.63) is 59.2 Å². The number of benzene rings is 2. The van der Waals surface area contributed by atoms with E-state index in [0.717, 1.165) is 16.9 Å². The van der Waals surface area contributed by atoms with Gasteiger partial charge in [-0.3, -0.25) is 4.79 Å². The third-order valence-corrected chi connectivity index (χ3v) is 4.40. The molecule has 142 valence electrons. The average molecular weight is 367 g/mol.